The van der Waals surface area contributed by atoms with Crippen molar-refractivity contribution in [3.63, 3.8) is 0 Å². The molecule has 0 bridgehead atoms. The van der Waals surface area contributed by atoms with Crippen LogP contribution in [-0.4, -0.2) is 47.4 Å². The number of nitrogens with two attached hydrogens (primary N) is 1. The Hall–Kier alpha value is -1.90. The molecular weight excluding hydrogens is 368 g/mol. The average Bonchev–Trinajstić information content (AvgIpc) is 3.15. The highest BCUT2D eigenvalue weighted by Crippen LogP contribution is 2.26. The van der Waals surface area contributed by atoms with Crippen LogP contribution in [-0.2, 0) is 10.5 Å². The number of piperidine rings is 1. The van der Waals surface area contributed by atoms with Crippen LogP contribution in [0.1, 0.15) is 28.9 Å². The second-order valence-corrected chi connectivity index (χ2v) is 7.99. The summed E-state index contributed by atoms with van der Waals surface area (Å²) in [4.78, 5) is 31.0. The van der Waals surface area contributed by atoms with Gasteiger partial charge in [-0.2, -0.15) is 0 Å². The van der Waals surface area contributed by atoms with E-state index in [0.29, 0.717) is 5.56 Å². The van der Waals surface area contributed by atoms with Crippen molar-refractivity contribution in [3.05, 3.63) is 46.4 Å². The lowest BCUT2D eigenvalue weighted by atomic mass is 10.0. The molecule has 26 heavy (non-hydrogen) atoms. The number of nitrogens with one attached hydrogen (secondary N) is 1. The van der Waals surface area contributed by atoms with E-state index in [0.717, 1.165) is 42.3 Å². The third-order valence-electron chi connectivity index (χ3n) is 4.29. The van der Waals surface area contributed by atoms with Crippen molar-refractivity contribution in [1.82, 2.24) is 15.2 Å². The molecule has 8 heteroatoms. The monoisotopic (exact) mass is 390 g/mol. The average molecular weight is 391 g/mol. The van der Waals surface area contributed by atoms with E-state index in [2.05, 4.69) is 10.3 Å². The Labute approximate surface area is 161 Å². The van der Waals surface area contributed by atoms with Crippen molar-refractivity contribution in [2.45, 2.75) is 29.5 Å². The molecule has 1 aliphatic rings. The minimum atomic E-state index is -0.307. The van der Waals surface area contributed by atoms with Gasteiger partial charge in [0, 0.05) is 35.2 Å². The minimum Gasteiger partial charge on any atom is -0.369 e. The van der Waals surface area contributed by atoms with E-state index in [1.54, 1.807) is 23.1 Å². The van der Waals surface area contributed by atoms with Gasteiger partial charge in [-0.05, 0) is 25.0 Å². The highest BCUT2D eigenvalue weighted by molar-refractivity contribution is 7.98. The lowest BCUT2D eigenvalue weighted by Gasteiger charge is -2.31. The Kier molecular flexibility index (Phi) is 6.65. The van der Waals surface area contributed by atoms with Crippen LogP contribution < -0.4 is 11.1 Å². The molecule has 0 saturated carbocycles. The zero-order valence-corrected chi connectivity index (χ0v) is 16.0. The second kappa shape index (κ2) is 9.16. The van der Waals surface area contributed by atoms with Gasteiger partial charge in [0.2, 0.25) is 5.91 Å². The summed E-state index contributed by atoms with van der Waals surface area (Å²) >= 11 is 3.20. The number of thioether (sulfide) groups is 1. The number of aromatic nitrogens is 1. The number of carbonyl (C=O) groups excluding carboxylic acids is 2. The largest absolute Gasteiger partial charge is 0.369 e. The number of hydrogen-bond acceptors (Lipinski definition) is 6. The highest BCUT2D eigenvalue weighted by atomic mass is 32.2. The second-order valence-electron chi connectivity index (χ2n) is 6.25. The van der Waals surface area contributed by atoms with E-state index in [1.165, 1.54) is 0 Å². The summed E-state index contributed by atoms with van der Waals surface area (Å²) in [6.07, 6.45) is 1.65. The first-order valence-electron chi connectivity index (χ1n) is 8.52. The molecule has 6 nitrogen and oxygen atoms in total. The van der Waals surface area contributed by atoms with E-state index in [-0.39, 0.29) is 24.4 Å². The van der Waals surface area contributed by atoms with E-state index < -0.39 is 0 Å². The van der Waals surface area contributed by atoms with E-state index in [4.69, 9.17) is 5.73 Å². The molecule has 2 aromatic rings. The fraction of sp³-hybridized carbons (Fsp3) is 0.389. The molecule has 1 aliphatic heterocycles. The maximum atomic E-state index is 12.7. The maximum absolute atomic E-state index is 12.7. The molecule has 2 amide bonds. The predicted octanol–water partition coefficient (Wildman–Crippen LogP) is 2.11. The number of nitrogens with zero attached hydrogens (tertiary/aromatic N) is 2. The quantitative estimate of drug-likeness (QED) is 0.707. The number of thiazole rings is 1. The normalized spacial score (nSPS) is 15.7. The van der Waals surface area contributed by atoms with Crippen LogP contribution in [0, 0.1) is 0 Å². The Morgan fingerprint density at radius 1 is 1.31 bits per heavy atom. The predicted molar refractivity (Wildman–Crippen MR) is 104 cm³/mol. The summed E-state index contributed by atoms with van der Waals surface area (Å²) in [6, 6.07) is 7.80. The highest BCUT2D eigenvalue weighted by Gasteiger charge is 2.22. The number of likely N-dealkylation sites (tertiary alicyclic amines) is 1. The number of carbonyl (C=O) groups is 2. The van der Waals surface area contributed by atoms with E-state index in [1.807, 2.05) is 40.1 Å². The Morgan fingerprint density at radius 3 is 2.77 bits per heavy atom. The van der Waals surface area contributed by atoms with Crippen LogP contribution in [0.3, 0.4) is 0 Å². The third kappa shape index (κ3) is 5.30. The number of primary amides is 1. The van der Waals surface area contributed by atoms with Gasteiger partial charge in [0.05, 0.1) is 23.3 Å². The zero-order chi connectivity index (χ0) is 18.4. The van der Waals surface area contributed by atoms with E-state index >= 15 is 0 Å². The smallest absolute Gasteiger partial charge is 0.252 e. The standard InChI is InChI=1S/C18H22N4O2S2/c19-17(23)9-22-7-5-13(6-8-22)21-18(24)15-3-1-2-4-16(15)26-11-14-10-25-12-20-14/h1-4,10,12-13H,5-9,11H2,(H2,19,23)(H,21,24). The number of amides is 2. The summed E-state index contributed by atoms with van der Waals surface area (Å²) in [7, 11) is 0. The molecule has 1 fully saturated rings. The first-order chi connectivity index (χ1) is 12.6. The van der Waals surface area contributed by atoms with Crippen LogP contribution in [0.25, 0.3) is 0 Å². The van der Waals surface area contributed by atoms with Crippen LogP contribution in [0.15, 0.2) is 40.1 Å². The molecular formula is C18H22N4O2S2. The lowest BCUT2D eigenvalue weighted by molar-refractivity contribution is -0.119. The molecule has 0 atom stereocenters. The minimum absolute atomic E-state index is 0.0419. The number of hydrogen-bond donors (Lipinski definition) is 2. The van der Waals surface area contributed by atoms with Crippen LogP contribution in [0.4, 0.5) is 0 Å². The van der Waals surface area contributed by atoms with Gasteiger partial charge in [0.15, 0.2) is 0 Å². The van der Waals surface area contributed by atoms with Crippen molar-refractivity contribution in [2.75, 3.05) is 19.6 Å². The van der Waals surface area contributed by atoms with Crippen LogP contribution >= 0.6 is 23.1 Å². The summed E-state index contributed by atoms with van der Waals surface area (Å²) in [5.74, 6) is 0.400. The van der Waals surface area contributed by atoms with Gasteiger partial charge in [-0.3, -0.25) is 14.5 Å². The fourth-order valence-corrected chi connectivity index (χ4v) is 4.58. The molecule has 1 aromatic carbocycles. The molecule has 3 N–H and O–H groups in total. The van der Waals surface area contributed by atoms with Crippen molar-refractivity contribution in [1.29, 1.82) is 0 Å². The molecule has 3 rings (SSSR count). The Bertz CT molecular complexity index is 743. The Balaban J connectivity index is 1.55. The molecule has 0 spiro atoms. The van der Waals surface area contributed by atoms with Crippen molar-refractivity contribution in [3.8, 4) is 0 Å². The number of benzene rings is 1. The summed E-state index contributed by atoms with van der Waals surface area (Å²) in [6.45, 7) is 1.83. The topological polar surface area (TPSA) is 88.3 Å². The maximum Gasteiger partial charge on any atom is 0.252 e. The van der Waals surface area contributed by atoms with Gasteiger partial charge < -0.3 is 11.1 Å². The van der Waals surface area contributed by atoms with Gasteiger partial charge in [-0.1, -0.05) is 12.1 Å². The molecule has 2 heterocycles. The summed E-state index contributed by atoms with van der Waals surface area (Å²) in [5, 5.41) is 5.16. The van der Waals surface area contributed by atoms with Gasteiger partial charge in [0.1, 0.15) is 0 Å². The fourth-order valence-electron chi connectivity index (χ4n) is 2.96. The van der Waals surface area contributed by atoms with Gasteiger partial charge >= 0.3 is 0 Å². The third-order valence-corrected chi connectivity index (χ3v) is 6.04. The SMILES string of the molecule is NC(=O)CN1CCC(NC(=O)c2ccccc2SCc2cscn2)CC1. The van der Waals surface area contributed by atoms with Crippen LogP contribution in [0.5, 0.6) is 0 Å². The van der Waals surface area contributed by atoms with Crippen molar-refractivity contribution < 1.29 is 9.59 Å². The first kappa shape index (κ1) is 18.9. The summed E-state index contributed by atoms with van der Waals surface area (Å²) in [5.41, 5.74) is 8.78. The summed E-state index contributed by atoms with van der Waals surface area (Å²) < 4.78 is 0. The van der Waals surface area contributed by atoms with Gasteiger partial charge in [0.25, 0.3) is 5.91 Å². The lowest BCUT2D eigenvalue weighted by Crippen LogP contribution is -2.46. The molecule has 0 radical (unpaired) electrons. The van der Waals surface area contributed by atoms with Crippen LogP contribution in [0.2, 0.25) is 0 Å². The Morgan fingerprint density at radius 2 is 2.08 bits per heavy atom. The van der Waals surface area contributed by atoms with Crippen molar-refractivity contribution in [2.24, 2.45) is 5.73 Å². The molecule has 138 valence electrons. The number of rotatable bonds is 7. The molecule has 0 unspecified atom stereocenters. The zero-order valence-electron chi connectivity index (χ0n) is 14.4. The first-order valence-corrected chi connectivity index (χ1v) is 10.4. The van der Waals surface area contributed by atoms with Gasteiger partial charge in [-0.15, -0.1) is 23.1 Å². The molecule has 1 aromatic heterocycles. The van der Waals surface area contributed by atoms with E-state index in [9.17, 15) is 9.59 Å². The molecule has 1 saturated heterocycles. The molecule has 0 aliphatic carbocycles. The van der Waals surface area contributed by atoms with Gasteiger partial charge in [-0.25, -0.2) is 4.98 Å². The van der Waals surface area contributed by atoms with Crippen molar-refractivity contribution >= 4 is 34.9 Å².